The molecule has 2 heteroatoms. The van der Waals surface area contributed by atoms with Gasteiger partial charge in [-0.1, -0.05) is 0 Å². The largest absolute Gasteiger partial charge is 0.662 e. The Morgan fingerprint density at radius 2 is 1.90 bits per heavy atom. The van der Waals surface area contributed by atoms with Crippen LogP contribution in [-0.4, -0.2) is 25.3 Å². The summed E-state index contributed by atoms with van der Waals surface area (Å²) in [5.74, 6) is 0. The first-order valence-corrected chi connectivity index (χ1v) is 4.19. The lowest BCUT2D eigenvalue weighted by Gasteiger charge is -2.39. The van der Waals surface area contributed by atoms with E-state index in [1.54, 1.807) is 0 Å². The highest BCUT2D eigenvalue weighted by atomic mass is 16.5. The molecule has 0 atom stereocenters. The summed E-state index contributed by atoms with van der Waals surface area (Å²) in [6, 6.07) is 0. The molecule has 0 aromatic carbocycles. The Balaban J connectivity index is 1.98. The Kier molecular flexibility index (Phi) is 1.66. The molecule has 2 rings (SSSR count). The summed E-state index contributed by atoms with van der Waals surface area (Å²) in [6.45, 7) is 3.04. The zero-order valence-electron chi connectivity index (χ0n) is 6.31. The molecule has 0 aliphatic carbocycles. The van der Waals surface area contributed by atoms with Crippen molar-refractivity contribution in [2.45, 2.75) is 31.3 Å². The van der Waals surface area contributed by atoms with E-state index in [1.165, 1.54) is 25.7 Å². The molecule has 2 aliphatic heterocycles. The Hall–Kier alpha value is -0.0800. The summed E-state index contributed by atoms with van der Waals surface area (Å²) >= 11 is 0. The quantitative estimate of drug-likeness (QED) is 0.502. The van der Waals surface area contributed by atoms with Crippen LogP contribution in [0, 0.1) is 0 Å². The molecule has 0 bridgehead atoms. The first-order chi connectivity index (χ1) is 4.91. The van der Waals surface area contributed by atoms with Gasteiger partial charge in [0, 0.05) is 6.61 Å². The maximum atomic E-state index is 5.72. The zero-order chi connectivity index (χ0) is 6.86. The topological polar surface area (TPSA) is 23.3 Å². The van der Waals surface area contributed by atoms with Gasteiger partial charge in [0.25, 0.3) is 0 Å². The minimum atomic E-state index is 0.280. The van der Waals surface area contributed by atoms with E-state index in [4.69, 9.17) is 4.74 Å². The van der Waals surface area contributed by atoms with Crippen LogP contribution in [0.5, 0.6) is 0 Å². The lowest BCUT2D eigenvalue weighted by Crippen LogP contribution is -2.33. The van der Waals surface area contributed by atoms with Crippen molar-refractivity contribution in [2.24, 2.45) is 0 Å². The van der Waals surface area contributed by atoms with Crippen LogP contribution in [0.25, 0.3) is 5.32 Å². The van der Waals surface area contributed by atoms with Crippen LogP contribution in [0.15, 0.2) is 0 Å². The second-order valence-electron chi connectivity index (χ2n) is 3.31. The van der Waals surface area contributed by atoms with Gasteiger partial charge in [-0.3, -0.25) is 0 Å². The Labute approximate surface area is 61.9 Å². The van der Waals surface area contributed by atoms with E-state index in [0.29, 0.717) is 0 Å². The summed E-state index contributed by atoms with van der Waals surface area (Å²) in [7, 11) is 0. The van der Waals surface area contributed by atoms with Gasteiger partial charge in [0.05, 0.1) is 5.60 Å². The van der Waals surface area contributed by atoms with Crippen molar-refractivity contribution in [3.8, 4) is 0 Å². The van der Waals surface area contributed by atoms with E-state index in [1.807, 2.05) is 0 Å². The van der Waals surface area contributed by atoms with E-state index in [2.05, 4.69) is 5.32 Å². The summed E-state index contributed by atoms with van der Waals surface area (Å²) < 4.78 is 5.72. The second-order valence-corrected chi connectivity index (χ2v) is 3.31. The van der Waals surface area contributed by atoms with Crippen molar-refractivity contribution in [1.82, 2.24) is 0 Å². The molecule has 2 nitrogen and oxygen atoms in total. The van der Waals surface area contributed by atoms with Crippen molar-refractivity contribution in [3.05, 3.63) is 5.32 Å². The van der Waals surface area contributed by atoms with Gasteiger partial charge in [0.15, 0.2) is 0 Å². The minimum Gasteiger partial charge on any atom is -0.662 e. The molecule has 0 aromatic rings. The molecule has 2 aliphatic rings. The first-order valence-electron chi connectivity index (χ1n) is 4.19. The van der Waals surface area contributed by atoms with E-state index in [-0.39, 0.29) is 5.60 Å². The predicted molar refractivity (Wildman–Crippen MR) is 40.2 cm³/mol. The monoisotopic (exact) mass is 140 g/mol. The molecule has 58 valence electrons. The van der Waals surface area contributed by atoms with Gasteiger partial charge >= 0.3 is 0 Å². The van der Waals surface area contributed by atoms with Crippen LogP contribution in [-0.2, 0) is 4.74 Å². The molecule has 10 heavy (non-hydrogen) atoms. The molecule has 0 radical (unpaired) electrons. The van der Waals surface area contributed by atoms with Gasteiger partial charge in [0.2, 0.25) is 0 Å². The molecule has 0 unspecified atom stereocenters. The van der Waals surface area contributed by atoms with Gasteiger partial charge in [-0.25, -0.2) is 0 Å². The van der Waals surface area contributed by atoms with Crippen molar-refractivity contribution >= 4 is 0 Å². The number of ether oxygens (including phenoxy) is 1. The summed E-state index contributed by atoms with van der Waals surface area (Å²) in [4.78, 5) is 0. The van der Waals surface area contributed by atoms with Gasteiger partial charge in [-0.15, -0.1) is 13.1 Å². The molecule has 2 fully saturated rings. The number of piperidine rings is 1. The number of hydrogen-bond donors (Lipinski definition) is 0. The molecular weight excluding hydrogens is 126 g/mol. The van der Waals surface area contributed by atoms with E-state index in [9.17, 15) is 0 Å². The molecular formula is C8H14NO-. The fraction of sp³-hybridized carbons (Fsp3) is 1.00. The highest BCUT2D eigenvalue weighted by Gasteiger charge is 2.33. The normalized spacial score (nSPS) is 31.2. The third-order valence-corrected chi connectivity index (χ3v) is 2.64. The highest BCUT2D eigenvalue weighted by molar-refractivity contribution is 4.98. The van der Waals surface area contributed by atoms with Crippen molar-refractivity contribution in [1.29, 1.82) is 0 Å². The molecule has 0 saturated carbocycles. The minimum absolute atomic E-state index is 0.280. The van der Waals surface area contributed by atoms with Crippen molar-refractivity contribution in [2.75, 3.05) is 19.7 Å². The Morgan fingerprint density at radius 3 is 2.50 bits per heavy atom. The fourth-order valence-electron chi connectivity index (χ4n) is 1.95. The molecule has 0 amide bonds. The standard InChI is InChI=1S/C8H14NO/c1-2-8(10-7-1)3-5-9-6-4-8/h1-7H2/q-1. The van der Waals surface area contributed by atoms with Crippen LogP contribution in [0.1, 0.15) is 25.7 Å². The summed E-state index contributed by atoms with van der Waals surface area (Å²) in [5.41, 5.74) is 0.280. The molecule has 0 aromatic heterocycles. The van der Waals surface area contributed by atoms with Crippen LogP contribution in [0.4, 0.5) is 0 Å². The van der Waals surface area contributed by atoms with Crippen LogP contribution in [0.2, 0.25) is 0 Å². The van der Waals surface area contributed by atoms with Crippen molar-refractivity contribution < 1.29 is 4.74 Å². The van der Waals surface area contributed by atoms with Crippen LogP contribution in [0.3, 0.4) is 0 Å². The SMILES string of the molecule is C1COC2(C1)CC[N-]CC2. The molecule has 2 saturated heterocycles. The fourth-order valence-corrected chi connectivity index (χ4v) is 1.95. The maximum Gasteiger partial charge on any atom is 0.0650 e. The Bertz CT molecular complexity index is 110. The maximum absolute atomic E-state index is 5.72. The highest BCUT2D eigenvalue weighted by Crippen LogP contribution is 2.35. The molecule has 2 heterocycles. The van der Waals surface area contributed by atoms with Gasteiger partial charge in [-0.05, 0) is 25.7 Å². The van der Waals surface area contributed by atoms with Gasteiger partial charge in [0.1, 0.15) is 0 Å². The average Bonchev–Trinajstić information content (AvgIpc) is 2.39. The second kappa shape index (κ2) is 2.51. The van der Waals surface area contributed by atoms with E-state index in [0.717, 1.165) is 19.7 Å². The third-order valence-electron chi connectivity index (χ3n) is 2.64. The smallest absolute Gasteiger partial charge is 0.0650 e. The number of rotatable bonds is 0. The Morgan fingerprint density at radius 1 is 1.10 bits per heavy atom. The van der Waals surface area contributed by atoms with E-state index >= 15 is 0 Å². The van der Waals surface area contributed by atoms with Crippen LogP contribution < -0.4 is 0 Å². The number of nitrogens with zero attached hydrogens (tertiary/aromatic N) is 1. The van der Waals surface area contributed by atoms with Crippen LogP contribution >= 0.6 is 0 Å². The first kappa shape index (κ1) is 6.62. The zero-order valence-corrected chi connectivity index (χ0v) is 6.31. The number of hydrogen-bond acceptors (Lipinski definition) is 1. The van der Waals surface area contributed by atoms with Gasteiger partial charge in [-0.2, -0.15) is 0 Å². The predicted octanol–water partition coefficient (Wildman–Crippen LogP) is 1.70. The van der Waals surface area contributed by atoms with Crippen molar-refractivity contribution in [3.63, 3.8) is 0 Å². The lowest BCUT2D eigenvalue weighted by molar-refractivity contribution is -0.00925. The van der Waals surface area contributed by atoms with E-state index < -0.39 is 0 Å². The lowest BCUT2D eigenvalue weighted by atomic mass is 9.90. The third kappa shape index (κ3) is 1.06. The summed E-state index contributed by atoms with van der Waals surface area (Å²) in [6.07, 6.45) is 4.89. The van der Waals surface area contributed by atoms with Gasteiger partial charge < -0.3 is 10.1 Å². The average molecular weight is 140 g/mol. The molecule has 1 spiro atoms. The molecule has 0 N–H and O–H groups in total. The summed E-state index contributed by atoms with van der Waals surface area (Å²) in [5, 5.41) is 4.32.